The molecule has 1 amide bonds. The number of benzene rings is 1. The summed E-state index contributed by atoms with van der Waals surface area (Å²) in [6, 6.07) is 4.18. The largest absolute Gasteiger partial charge is 0.416 e. The minimum absolute atomic E-state index is 0.0975. The first-order valence-electron chi connectivity index (χ1n) is 7.55. The van der Waals surface area contributed by atoms with Crippen molar-refractivity contribution in [3.05, 3.63) is 58.7 Å². The highest BCUT2D eigenvalue weighted by Crippen LogP contribution is 2.31. The molecule has 0 aliphatic heterocycles. The Balaban J connectivity index is 2.36. The van der Waals surface area contributed by atoms with Gasteiger partial charge in [0.25, 0.3) is 5.91 Å². The smallest absolute Gasteiger partial charge is 0.318 e. The molecule has 1 heterocycles. The predicted octanol–water partition coefficient (Wildman–Crippen LogP) is 5.10. The topological polar surface area (TPSA) is 42.0 Å². The molecule has 0 atom stereocenters. The fraction of sp³-hybridized carbons (Fsp3) is 0.333. The molecule has 0 aliphatic carbocycles. The summed E-state index contributed by atoms with van der Waals surface area (Å²) in [5.41, 5.74) is -0.272. The van der Waals surface area contributed by atoms with E-state index >= 15 is 0 Å². The highest BCUT2D eigenvalue weighted by Gasteiger charge is 2.31. The van der Waals surface area contributed by atoms with Crippen molar-refractivity contribution in [2.45, 2.75) is 39.3 Å². The fourth-order valence-electron chi connectivity index (χ4n) is 2.49. The summed E-state index contributed by atoms with van der Waals surface area (Å²) in [5, 5.41) is 2.30. The number of hydrogen-bond donors (Lipinski definition) is 1. The van der Waals surface area contributed by atoms with Crippen LogP contribution in [0.1, 0.15) is 48.0 Å². The summed E-state index contributed by atoms with van der Waals surface area (Å²) < 4.78 is 52.3. The zero-order valence-electron chi connectivity index (χ0n) is 14.3. The zero-order chi connectivity index (χ0) is 19.0. The van der Waals surface area contributed by atoms with E-state index in [1.807, 2.05) is 20.8 Å². The van der Waals surface area contributed by atoms with Crippen LogP contribution in [0.3, 0.4) is 0 Å². The van der Waals surface area contributed by atoms with E-state index in [4.69, 9.17) is 0 Å². The summed E-state index contributed by atoms with van der Waals surface area (Å²) in [5.74, 6) is -1.57. The third-order valence-electron chi connectivity index (χ3n) is 3.69. The standard InChI is InChI=1S/C18H18F4N2O/c1-10-7-13(19)14(9-12(10)17(2,3)4)24-16(25)15-8-11(5-6-23-15)18(20,21)22/h5-9H,1-4H3,(H,24,25). The number of aryl methyl sites for hydroxylation is 1. The number of aromatic nitrogens is 1. The molecule has 25 heavy (non-hydrogen) atoms. The predicted molar refractivity (Wildman–Crippen MR) is 87.0 cm³/mol. The molecular formula is C18H18F4N2O. The molecule has 7 heteroatoms. The molecule has 2 rings (SSSR count). The van der Waals surface area contributed by atoms with Gasteiger partial charge in [-0.1, -0.05) is 20.8 Å². The van der Waals surface area contributed by atoms with Crippen LogP contribution in [-0.4, -0.2) is 10.9 Å². The third-order valence-corrected chi connectivity index (χ3v) is 3.69. The van der Waals surface area contributed by atoms with Crippen LogP contribution in [0.15, 0.2) is 30.5 Å². The van der Waals surface area contributed by atoms with Crippen LogP contribution < -0.4 is 5.32 Å². The lowest BCUT2D eigenvalue weighted by Gasteiger charge is -2.23. The van der Waals surface area contributed by atoms with E-state index in [2.05, 4.69) is 10.3 Å². The number of alkyl halides is 3. The maximum Gasteiger partial charge on any atom is 0.416 e. The number of rotatable bonds is 2. The van der Waals surface area contributed by atoms with Crippen molar-refractivity contribution in [3.8, 4) is 0 Å². The van der Waals surface area contributed by atoms with E-state index in [-0.39, 0.29) is 11.1 Å². The molecule has 134 valence electrons. The summed E-state index contributed by atoms with van der Waals surface area (Å²) in [4.78, 5) is 15.8. The quantitative estimate of drug-likeness (QED) is 0.763. The lowest BCUT2D eigenvalue weighted by Crippen LogP contribution is -2.18. The van der Waals surface area contributed by atoms with Gasteiger partial charge in [-0.2, -0.15) is 13.2 Å². The Morgan fingerprint density at radius 1 is 1.12 bits per heavy atom. The number of nitrogens with one attached hydrogen (secondary N) is 1. The Labute approximate surface area is 143 Å². The number of hydrogen-bond acceptors (Lipinski definition) is 2. The monoisotopic (exact) mass is 354 g/mol. The molecule has 1 aromatic carbocycles. The Morgan fingerprint density at radius 2 is 1.76 bits per heavy atom. The summed E-state index contributed by atoms with van der Waals surface area (Å²) in [7, 11) is 0. The molecule has 0 fully saturated rings. The van der Waals surface area contributed by atoms with E-state index in [1.165, 1.54) is 12.1 Å². The number of amides is 1. The number of anilines is 1. The van der Waals surface area contributed by atoms with Gasteiger partial charge in [0.05, 0.1) is 11.3 Å². The van der Waals surface area contributed by atoms with Crippen molar-refractivity contribution in [2.75, 3.05) is 5.32 Å². The number of pyridine rings is 1. The van der Waals surface area contributed by atoms with Gasteiger partial charge in [0, 0.05) is 6.20 Å². The Bertz CT molecular complexity index is 808. The molecule has 1 aromatic heterocycles. The van der Waals surface area contributed by atoms with Crippen molar-refractivity contribution >= 4 is 11.6 Å². The summed E-state index contributed by atoms with van der Waals surface area (Å²) in [6.07, 6.45) is -3.70. The van der Waals surface area contributed by atoms with Crippen LogP contribution >= 0.6 is 0 Å². The van der Waals surface area contributed by atoms with Gasteiger partial charge in [0.1, 0.15) is 11.5 Å². The van der Waals surface area contributed by atoms with Crippen molar-refractivity contribution < 1.29 is 22.4 Å². The molecule has 0 saturated carbocycles. The first-order chi connectivity index (χ1) is 11.4. The van der Waals surface area contributed by atoms with E-state index in [1.54, 1.807) is 6.92 Å². The molecule has 1 N–H and O–H groups in total. The van der Waals surface area contributed by atoms with Gasteiger partial charge in [-0.15, -0.1) is 0 Å². The van der Waals surface area contributed by atoms with Crippen molar-refractivity contribution in [1.82, 2.24) is 4.98 Å². The van der Waals surface area contributed by atoms with Gasteiger partial charge in [-0.3, -0.25) is 9.78 Å². The van der Waals surface area contributed by atoms with Crippen LogP contribution in [0.4, 0.5) is 23.2 Å². The lowest BCUT2D eigenvalue weighted by atomic mass is 9.84. The summed E-state index contributed by atoms with van der Waals surface area (Å²) in [6.45, 7) is 7.57. The SMILES string of the molecule is Cc1cc(F)c(NC(=O)c2cc(C(F)(F)F)ccn2)cc1C(C)(C)C. The molecule has 0 spiro atoms. The highest BCUT2D eigenvalue weighted by atomic mass is 19.4. The van der Waals surface area contributed by atoms with Crippen molar-refractivity contribution in [2.24, 2.45) is 0 Å². The van der Waals surface area contributed by atoms with Gasteiger partial charge >= 0.3 is 6.18 Å². The summed E-state index contributed by atoms with van der Waals surface area (Å²) >= 11 is 0. The molecule has 0 saturated heterocycles. The second-order valence-electron chi connectivity index (χ2n) is 6.78. The van der Waals surface area contributed by atoms with Crippen LogP contribution in [0.25, 0.3) is 0 Å². The fourth-order valence-corrected chi connectivity index (χ4v) is 2.49. The van der Waals surface area contributed by atoms with Crippen LogP contribution in [0.2, 0.25) is 0 Å². The molecule has 0 bridgehead atoms. The average molecular weight is 354 g/mol. The Kier molecular flexibility index (Phi) is 4.88. The number of halogens is 4. The normalized spacial score (nSPS) is 12.2. The molecule has 2 aromatic rings. The van der Waals surface area contributed by atoms with Gasteiger partial charge < -0.3 is 5.32 Å². The van der Waals surface area contributed by atoms with Gasteiger partial charge in [-0.25, -0.2) is 4.39 Å². The van der Waals surface area contributed by atoms with Crippen molar-refractivity contribution in [1.29, 1.82) is 0 Å². The number of carbonyl (C=O) groups is 1. The third kappa shape index (κ3) is 4.35. The van der Waals surface area contributed by atoms with E-state index in [0.29, 0.717) is 6.07 Å². The van der Waals surface area contributed by atoms with Crippen LogP contribution in [0, 0.1) is 12.7 Å². The minimum Gasteiger partial charge on any atom is -0.318 e. The van der Waals surface area contributed by atoms with Gasteiger partial charge in [0.15, 0.2) is 0 Å². The maximum atomic E-state index is 14.1. The maximum absolute atomic E-state index is 14.1. The van der Waals surface area contributed by atoms with E-state index in [9.17, 15) is 22.4 Å². The van der Waals surface area contributed by atoms with E-state index in [0.717, 1.165) is 23.4 Å². The van der Waals surface area contributed by atoms with Crippen LogP contribution in [-0.2, 0) is 11.6 Å². The van der Waals surface area contributed by atoms with Gasteiger partial charge in [-0.05, 0) is 47.7 Å². The van der Waals surface area contributed by atoms with Gasteiger partial charge in [0.2, 0.25) is 0 Å². The molecule has 0 aliphatic rings. The van der Waals surface area contributed by atoms with Crippen molar-refractivity contribution in [3.63, 3.8) is 0 Å². The number of nitrogens with zero attached hydrogens (tertiary/aromatic N) is 1. The molecule has 0 unspecified atom stereocenters. The second-order valence-corrected chi connectivity index (χ2v) is 6.78. The number of carbonyl (C=O) groups excluding carboxylic acids is 1. The average Bonchev–Trinajstić information content (AvgIpc) is 2.48. The minimum atomic E-state index is -4.59. The second kappa shape index (κ2) is 6.46. The van der Waals surface area contributed by atoms with E-state index < -0.39 is 29.2 Å². The Hall–Kier alpha value is -2.44. The molecule has 3 nitrogen and oxygen atoms in total. The zero-order valence-corrected chi connectivity index (χ0v) is 14.3. The lowest BCUT2D eigenvalue weighted by molar-refractivity contribution is -0.137. The Morgan fingerprint density at radius 3 is 2.32 bits per heavy atom. The first kappa shape index (κ1) is 18.9. The van der Waals surface area contributed by atoms with Crippen LogP contribution in [0.5, 0.6) is 0 Å². The first-order valence-corrected chi connectivity index (χ1v) is 7.55. The highest BCUT2D eigenvalue weighted by molar-refractivity contribution is 6.03. The molecule has 0 radical (unpaired) electrons. The molecular weight excluding hydrogens is 336 g/mol.